The Bertz CT molecular complexity index is 640. The maximum absolute atomic E-state index is 13.8. The van der Waals surface area contributed by atoms with Gasteiger partial charge in [0.25, 0.3) is 5.69 Å². The average Bonchev–Trinajstić information content (AvgIpc) is 2.39. The van der Waals surface area contributed by atoms with Crippen molar-refractivity contribution in [2.45, 2.75) is 6.42 Å². The van der Waals surface area contributed by atoms with Gasteiger partial charge in [-0.15, -0.1) is 0 Å². The Hall–Kier alpha value is -2.56. The van der Waals surface area contributed by atoms with Crippen molar-refractivity contribution in [3.63, 3.8) is 0 Å². The predicted octanol–water partition coefficient (Wildman–Crippen LogP) is 3.14. The minimum absolute atomic E-state index is 0.0553. The molecule has 0 aliphatic heterocycles. The summed E-state index contributed by atoms with van der Waals surface area (Å²) in [5.41, 5.74) is 0.734. The van der Waals surface area contributed by atoms with Gasteiger partial charge in [0.05, 0.1) is 10.5 Å². The van der Waals surface area contributed by atoms with E-state index >= 15 is 0 Å². The molecule has 0 saturated carbocycles. The quantitative estimate of drug-likeness (QED) is 0.481. The average molecular weight is 259 g/mol. The SMILES string of the molecule is O=CCc1cccc(-c2c(F)cccc2[N+](=O)[O-])c1. The molecule has 5 heteroatoms. The van der Waals surface area contributed by atoms with Crippen molar-refractivity contribution in [3.05, 3.63) is 64.0 Å². The Kier molecular flexibility index (Phi) is 3.66. The molecule has 2 aromatic carbocycles. The Morgan fingerprint density at radius 3 is 2.63 bits per heavy atom. The highest BCUT2D eigenvalue weighted by molar-refractivity contribution is 5.75. The molecule has 0 spiro atoms. The minimum Gasteiger partial charge on any atom is -0.303 e. The number of carbonyl (C=O) groups is 1. The molecule has 0 N–H and O–H groups in total. The van der Waals surface area contributed by atoms with Crippen LogP contribution in [0.3, 0.4) is 0 Å². The Balaban J connectivity index is 2.61. The van der Waals surface area contributed by atoms with Crippen LogP contribution in [-0.4, -0.2) is 11.2 Å². The molecule has 0 saturated heterocycles. The number of nitro groups is 1. The second-order valence-electron chi connectivity index (χ2n) is 3.96. The first-order valence-corrected chi connectivity index (χ1v) is 5.59. The number of hydrogen-bond donors (Lipinski definition) is 0. The summed E-state index contributed by atoms with van der Waals surface area (Å²) in [7, 11) is 0. The molecular formula is C14H10FNO3. The van der Waals surface area contributed by atoms with Crippen molar-refractivity contribution in [1.29, 1.82) is 0 Å². The summed E-state index contributed by atoms with van der Waals surface area (Å²) in [6.45, 7) is 0. The van der Waals surface area contributed by atoms with Crippen molar-refractivity contribution in [2.75, 3.05) is 0 Å². The number of rotatable bonds is 4. The van der Waals surface area contributed by atoms with Gasteiger partial charge in [0.1, 0.15) is 12.1 Å². The fourth-order valence-electron chi connectivity index (χ4n) is 1.90. The van der Waals surface area contributed by atoms with Crippen LogP contribution in [0.25, 0.3) is 11.1 Å². The van der Waals surface area contributed by atoms with E-state index in [-0.39, 0.29) is 17.7 Å². The third kappa shape index (κ3) is 2.65. The normalized spacial score (nSPS) is 10.2. The van der Waals surface area contributed by atoms with Crippen LogP contribution >= 0.6 is 0 Å². The second kappa shape index (κ2) is 5.39. The van der Waals surface area contributed by atoms with Gasteiger partial charge in [0.15, 0.2) is 0 Å². The van der Waals surface area contributed by atoms with Gasteiger partial charge < -0.3 is 4.79 Å². The molecule has 0 radical (unpaired) electrons. The van der Waals surface area contributed by atoms with E-state index in [1.165, 1.54) is 18.2 Å². The molecule has 2 aromatic rings. The lowest BCUT2D eigenvalue weighted by Gasteiger charge is -2.06. The van der Waals surface area contributed by atoms with E-state index in [9.17, 15) is 19.3 Å². The Labute approximate surface area is 108 Å². The monoisotopic (exact) mass is 259 g/mol. The third-order valence-electron chi connectivity index (χ3n) is 2.72. The first-order valence-electron chi connectivity index (χ1n) is 5.59. The van der Waals surface area contributed by atoms with E-state index in [1.807, 2.05) is 0 Å². The summed E-state index contributed by atoms with van der Waals surface area (Å²) in [6.07, 6.45) is 0.922. The largest absolute Gasteiger partial charge is 0.303 e. The summed E-state index contributed by atoms with van der Waals surface area (Å²) >= 11 is 0. The molecule has 0 unspecified atom stereocenters. The summed E-state index contributed by atoms with van der Waals surface area (Å²) < 4.78 is 13.8. The lowest BCUT2D eigenvalue weighted by molar-refractivity contribution is -0.384. The highest BCUT2D eigenvalue weighted by atomic mass is 19.1. The number of nitrogens with zero attached hydrogens (tertiary/aromatic N) is 1. The van der Waals surface area contributed by atoms with Crippen LogP contribution in [0.1, 0.15) is 5.56 Å². The van der Waals surface area contributed by atoms with E-state index in [4.69, 9.17) is 0 Å². The molecule has 0 aliphatic rings. The summed E-state index contributed by atoms with van der Waals surface area (Å²) in [4.78, 5) is 20.8. The van der Waals surface area contributed by atoms with Gasteiger partial charge >= 0.3 is 0 Å². The molecule has 0 heterocycles. The van der Waals surface area contributed by atoms with Crippen molar-refractivity contribution in [3.8, 4) is 11.1 Å². The zero-order chi connectivity index (χ0) is 13.8. The van der Waals surface area contributed by atoms with Gasteiger partial charge in [-0.3, -0.25) is 10.1 Å². The molecule has 0 fully saturated rings. The van der Waals surface area contributed by atoms with E-state index in [1.54, 1.807) is 24.3 Å². The second-order valence-corrected chi connectivity index (χ2v) is 3.96. The molecular weight excluding hydrogens is 249 g/mol. The number of aldehydes is 1. The van der Waals surface area contributed by atoms with E-state index in [0.717, 1.165) is 6.29 Å². The number of nitro benzene ring substituents is 1. The summed E-state index contributed by atoms with van der Waals surface area (Å²) in [6, 6.07) is 10.3. The van der Waals surface area contributed by atoms with Gasteiger partial charge in [-0.05, 0) is 17.2 Å². The molecule has 19 heavy (non-hydrogen) atoms. The number of benzene rings is 2. The van der Waals surface area contributed by atoms with E-state index in [0.29, 0.717) is 11.1 Å². The third-order valence-corrected chi connectivity index (χ3v) is 2.72. The van der Waals surface area contributed by atoms with Gasteiger partial charge in [-0.1, -0.05) is 30.3 Å². The van der Waals surface area contributed by atoms with Gasteiger partial charge in [-0.2, -0.15) is 0 Å². The highest BCUT2D eigenvalue weighted by Gasteiger charge is 2.19. The van der Waals surface area contributed by atoms with E-state index in [2.05, 4.69) is 0 Å². The van der Waals surface area contributed by atoms with Crippen LogP contribution in [0.15, 0.2) is 42.5 Å². The van der Waals surface area contributed by atoms with Crippen molar-refractivity contribution in [1.82, 2.24) is 0 Å². The zero-order valence-corrected chi connectivity index (χ0v) is 9.88. The molecule has 4 nitrogen and oxygen atoms in total. The topological polar surface area (TPSA) is 60.2 Å². The molecule has 0 atom stereocenters. The molecule has 0 aliphatic carbocycles. The van der Waals surface area contributed by atoms with Crippen molar-refractivity contribution in [2.24, 2.45) is 0 Å². The first-order chi connectivity index (χ1) is 9.13. The lowest BCUT2D eigenvalue weighted by atomic mass is 10.00. The van der Waals surface area contributed by atoms with Crippen LogP contribution < -0.4 is 0 Å². The molecule has 0 amide bonds. The minimum atomic E-state index is -0.655. The summed E-state index contributed by atoms with van der Waals surface area (Å²) in [5.74, 6) is -0.655. The fourth-order valence-corrected chi connectivity index (χ4v) is 1.90. The van der Waals surface area contributed by atoms with Crippen molar-refractivity contribution >= 4 is 12.0 Å². The van der Waals surface area contributed by atoms with E-state index < -0.39 is 10.7 Å². The van der Waals surface area contributed by atoms with Crippen LogP contribution in [0.5, 0.6) is 0 Å². The fraction of sp³-hybridized carbons (Fsp3) is 0.0714. The van der Waals surface area contributed by atoms with Crippen LogP contribution in [0.4, 0.5) is 10.1 Å². The molecule has 96 valence electrons. The maximum atomic E-state index is 13.8. The number of halogens is 1. The van der Waals surface area contributed by atoms with Gasteiger partial charge in [-0.25, -0.2) is 4.39 Å². The van der Waals surface area contributed by atoms with Gasteiger partial charge in [0.2, 0.25) is 0 Å². The molecule has 0 aromatic heterocycles. The lowest BCUT2D eigenvalue weighted by Crippen LogP contribution is -1.95. The van der Waals surface area contributed by atoms with Crippen LogP contribution in [0.2, 0.25) is 0 Å². The van der Waals surface area contributed by atoms with Crippen molar-refractivity contribution < 1.29 is 14.1 Å². The van der Waals surface area contributed by atoms with Gasteiger partial charge in [0, 0.05) is 12.5 Å². The molecule has 2 rings (SSSR count). The zero-order valence-electron chi connectivity index (χ0n) is 9.88. The maximum Gasteiger partial charge on any atom is 0.280 e. The summed E-state index contributed by atoms with van der Waals surface area (Å²) in [5, 5.41) is 10.9. The predicted molar refractivity (Wildman–Crippen MR) is 68.3 cm³/mol. The number of carbonyl (C=O) groups excluding carboxylic acids is 1. The number of hydrogen-bond acceptors (Lipinski definition) is 3. The van der Waals surface area contributed by atoms with Crippen LogP contribution in [-0.2, 0) is 11.2 Å². The standard InChI is InChI=1S/C14H10FNO3/c15-12-5-2-6-13(16(18)19)14(12)11-4-1-3-10(9-11)7-8-17/h1-6,8-9H,7H2. The molecule has 0 bridgehead atoms. The first kappa shape index (κ1) is 12.9. The highest BCUT2D eigenvalue weighted by Crippen LogP contribution is 2.32. The Morgan fingerprint density at radius 1 is 1.21 bits per heavy atom. The Morgan fingerprint density at radius 2 is 1.95 bits per heavy atom. The van der Waals surface area contributed by atoms with Crippen LogP contribution in [0, 0.1) is 15.9 Å². The smallest absolute Gasteiger partial charge is 0.280 e.